The maximum absolute atomic E-state index is 12.2. The molecule has 0 saturated carbocycles. The second kappa shape index (κ2) is 6.53. The lowest BCUT2D eigenvalue weighted by molar-refractivity contribution is 0.407. The number of hydrogen-bond acceptors (Lipinski definition) is 3. The van der Waals surface area contributed by atoms with E-state index in [4.69, 9.17) is 16.3 Å². The SMILES string of the molecule is COc1ccc(Cl)cc1Cn1nc(-c2ccc(C)c(C)c2)[nH]c1=O. The molecule has 0 unspecified atom stereocenters. The zero-order valence-corrected chi connectivity index (χ0v) is 14.5. The summed E-state index contributed by atoms with van der Waals surface area (Å²) in [5.74, 6) is 1.21. The number of halogens is 1. The van der Waals surface area contributed by atoms with Crippen molar-refractivity contribution < 1.29 is 4.74 Å². The Hall–Kier alpha value is -2.53. The second-order valence-corrected chi connectivity index (χ2v) is 6.13. The van der Waals surface area contributed by atoms with Gasteiger partial charge in [0.05, 0.1) is 13.7 Å². The fourth-order valence-electron chi connectivity index (χ4n) is 2.51. The van der Waals surface area contributed by atoms with E-state index in [0.717, 1.165) is 16.7 Å². The van der Waals surface area contributed by atoms with Gasteiger partial charge in [0.25, 0.3) is 0 Å². The highest BCUT2D eigenvalue weighted by Gasteiger charge is 2.11. The molecule has 6 heteroatoms. The summed E-state index contributed by atoms with van der Waals surface area (Å²) in [5, 5.41) is 4.99. The van der Waals surface area contributed by atoms with Crippen molar-refractivity contribution in [3.8, 4) is 17.1 Å². The van der Waals surface area contributed by atoms with Crippen molar-refractivity contribution in [2.45, 2.75) is 20.4 Å². The van der Waals surface area contributed by atoms with Gasteiger partial charge < -0.3 is 4.74 Å². The van der Waals surface area contributed by atoms with Crippen LogP contribution in [-0.4, -0.2) is 21.9 Å². The average Bonchev–Trinajstić information content (AvgIpc) is 2.91. The third-order valence-corrected chi connectivity index (χ3v) is 4.26. The Morgan fingerprint density at radius 3 is 2.67 bits per heavy atom. The third kappa shape index (κ3) is 3.21. The van der Waals surface area contributed by atoms with Crippen LogP contribution in [0.4, 0.5) is 0 Å². The van der Waals surface area contributed by atoms with Gasteiger partial charge in [0, 0.05) is 16.1 Å². The Morgan fingerprint density at radius 2 is 1.96 bits per heavy atom. The van der Waals surface area contributed by atoms with E-state index in [1.165, 1.54) is 10.2 Å². The predicted octanol–water partition coefficient (Wildman–Crippen LogP) is 3.57. The number of H-pyrrole nitrogens is 1. The van der Waals surface area contributed by atoms with Crippen LogP contribution in [0.5, 0.6) is 5.75 Å². The molecule has 124 valence electrons. The highest BCUT2D eigenvalue weighted by molar-refractivity contribution is 6.30. The van der Waals surface area contributed by atoms with E-state index >= 15 is 0 Å². The lowest BCUT2D eigenvalue weighted by Crippen LogP contribution is -2.19. The average molecular weight is 344 g/mol. The minimum Gasteiger partial charge on any atom is -0.496 e. The first kappa shape index (κ1) is 16.3. The van der Waals surface area contributed by atoms with E-state index in [1.54, 1.807) is 25.3 Å². The highest BCUT2D eigenvalue weighted by Crippen LogP contribution is 2.23. The molecule has 0 fully saturated rings. The number of nitrogens with zero attached hydrogens (tertiary/aromatic N) is 2. The Morgan fingerprint density at radius 1 is 1.17 bits per heavy atom. The van der Waals surface area contributed by atoms with Crippen molar-refractivity contribution in [3.63, 3.8) is 0 Å². The first-order valence-electron chi connectivity index (χ1n) is 7.55. The van der Waals surface area contributed by atoms with E-state index in [0.29, 0.717) is 16.6 Å². The maximum atomic E-state index is 12.2. The van der Waals surface area contributed by atoms with E-state index in [1.807, 2.05) is 32.0 Å². The molecule has 0 radical (unpaired) electrons. The van der Waals surface area contributed by atoms with Gasteiger partial charge in [-0.2, -0.15) is 0 Å². The van der Waals surface area contributed by atoms with Gasteiger partial charge in [-0.05, 0) is 49.2 Å². The molecule has 0 aliphatic rings. The first-order valence-corrected chi connectivity index (χ1v) is 7.93. The number of aryl methyl sites for hydroxylation is 2. The van der Waals surface area contributed by atoms with Crippen molar-refractivity contribution in [2.75, 3.05) is 7.11 Å². The summed E-state index contributed by atoms with van der Waals surface area (Å²) in [5.41, 5.74) is 3.76. The Bertz CT molecular complexity index is 944. The van der Waals surface area contributed by atoms with E-state index in [-0.39, 0.29) is 12.2 Å². The van der Waals surface area contributed by atoms with E-state index in [9.17, 15) is 4.79 Å². The van der Waals surface area contributed by atoms with E-state index < -0.39 is 0 Å². The van der Waals surface area contributed by atoms with Crippen LogP contribution in [0.1, 0.15) is 16.7 Å². The summed E-state index contributed by atoms with van der Waals surface area (Å²) in [6, 6.07) is 11.3. The summed E-state index contributed by atoms with van der Waals surface area (Å²) >= 11 is 6.04. The number of rotatable bonds is 4. The normalized spacial score (nSPS) is 10.8. The lowest BCUT2D eigenvalue weighted by atomic mass is 10.1. The van der Waals surface area contributed by atoms with Crippen LogP contribution in [0, 0.1) is 13.8 Å². The summed E-state index contributed by atoms with van der Waals surface area (Å²) in [7, 11) is 1.58. The molecule has 3 rings (SSSR count). The van der Waals surface area contributed by atoms with Crippen LogP contribution in [0.2, 0.25) is 5.02 Å². The monoisotopic (exact) mass is 343 g/mol. The van der Waals surface area contributed by atoms with Gasteiger partial charge in [-0.3, -0.25) is 4.98 Å². The van der Waals surface area contributed by atoms with Gasteiger partial charge in [-0.25, -0.2) is 9.48 Å². The fourth-order valence-corrected chi connectivity index (χ4v) is 2.71. The molecule has 1 heterocycles. The second-order valence-electron chi connectivity index (χ2n) is 5.69. The van der Waals surface area contributed by atoms with Gasteiger partial charge in [-0.1, -0.05) is 23.7 Å². The van der Waals surface area contributed by atoms with Crippen LogP contribution >= 0.6 is 11.6 Å². The number of nitrogens with one attached hydrogen (secondary N) is 1. The Kier molecular flexibility index (Phi) is 4.44. The molecular formula is C18H18ClN3O2. The number of aromatic nitrogens is 3. The maximum Gasteiger partial charge on any atom is 0.343 e. The van der Waals surface area contributed by atoms with Gasteiger partial charge in [0.15, 0.2) is 5.82 Å². The zero-order chi connectivity index (χ0) is 17.3. The summed E-state index contributed by atoms with van der Waals surface area (Å²) in [4.78, 5) is 15.0. The van der Waals surface area contributed by atoms with E-state index in [2.05, 4.69) is 10.1 Å². The molecule has 1 aromatic heterocycles. The minimum atomic E-state index is -0.273. The molecule has 1 N–H and O–H groups in total. The van der Waals surface area contributed by atoms with Gasteiger partial charge in [0.2, 0.25) is 0 Å². The predicted molar refractivity (Wildman–Crippen MR) is 94.9 cm³/mol. The van der Waals surface area contributed by atoms with Gasteiger partial charge in [-0.15, -0.1) is 5.10 Å². The van der Waals surface area contributed by atoms with Crippen molar-refractivity contribution in [1.29, 1.82) is 0 Å². The third-order valence-electron chi connectivity index (χ3n) is 4.02. The first-order chi connectivity index (χ1) is 11.5. The smallest absolute Gasteiger partial charge is 0.343 e. The number of hydrogen-bond donors (Lipinski definition) is 1. The molecule has 0 bridgehead atoms. The van der Waals surface area contributed by atoms with Crippen molar-refractivity contribution in [3.05, 3.63) is 68.6 Å². The van der Waals surface area contributed by atoms with Gasteiger partial charge >= 0.3 is 5.69 Å². The molecule has 3 aromatic rings. The summed E-state index contributed by atoms with van der Waals surface area (Å²) in [6.45, 7) is 4.36. The van der Waals surface area contributed by atoms with Crippen LogP contribution < -0.4 is 10.4 Å². The summed E-state index contributed by atoms with van der Waals surface area (Å²) in [6.07, 6.45) is 0. The van der Waals surface area contributed by atoms with Crippen LogP contribution in [0.25, 0.3) is 11.4 Å². The Balaban J connectivity index is 1.96. The minimum absolute atomic E-state index is 0.273. The molecule has 0 aliphatic carbocycles. The molecule has 0 spiro atoms. The van der Waals surface area contributed by atoms with Crippen LogP contribution in [0.15, 0.2) is 41.2 Å². The highest BCUT2D eigenvalue weighted by atomic mass is 35.5. The molecule has 0 aliphatic heterocycles. The largest absolute Gasteiger partial charge is 0.496 e. The fraction of sp³-hybridized carbons (Fsp3) is 0.222. The molecule has 5 nitrogen and oxygen atoms in total. The molecule has 0 atom stereocenters. The number of aromatic amines is 1. The van der Waals surface area contributed by atoms with Crippen molar-refractivity contribution >= 4 is 11.6 Å². The molecule has 2 aromatic carbocycles. The van der Waals surface area contributed by atoms with Crippen molar-refractivity contribution in [2.24, 2.45) is 0 Å². The molecule has 24 heavy (non-hydrogen) atoms. The Labute approximate surface area is 144 Å². The zero-order valence-electron chi connectivity index (χ0n) is 13.8. The standard InChI is InChI=1S/C18H18ClN3O2/c1-11-4-5-13(8-12(11)2)17-20-18(23)22(21-17)10-14-9-15(19)6-7-16(14)24-3/h4-9H,10H2,1-3H3,(H,20,21,23). The van der Waals surface area contributed by atoms with Crippen LogP contribution in [-0.2, 0) is 6.54 Å². The van der Waals surface area contributed by atoms with Gasteiger partial charge in [0.1, 0.15) is 5.75 Å². The lowest BCUT2D eigenvalue weighted by Gasteiger charge is -2.08. The molecule has 0 saturated heterocycles. The van der Waals surface area contributed by atoms with Crippen molar-refractivity contribution in [1.82, 2.24) is 14.8 Å². The number of benzene rings is 2. The molecule has 0 amide bonds. The summed E-state index contributed by atoms with van der Waals surface area (Å²) < 4.78 is 6.69. The van der Waals surface area contributed by atoms with Crippen LogP contribution in [0.3, 0.4) is 0 Å². The number of ether oxygens (including phenoxy) is 1. The topological polar surface area (TPSA) is 59.9 Å². The molecular weight excluding hydrogens is 326 g/mol. The quantitative estimate of drug-likeness (QED) is 0.787. The number of methoxy groups -OCH3 is 1.